The quantitative estimate of drug-likeness (QED) is 0.533. The molecule has 0 atom stereocenters. The highest BCUT2D eigenvalue weighted by Crippen LogP contribution is 2.27. The number of aromatic nitrogens is 2. The fourth-order valence-electron chi connectivity index (χ4n) is 0.694. The lowest BCUT2D eigenvalue weighted by Crippen LogP contribution is -2.12. The highest BCUT2D eigenvalue weighted by molar-refractivity contribution is 8.00. The summed E-state index contributed by atoms with van der Waals surface area (Å²) in [5.41, 5.74) is -0.100. The molecule has 0 fully saturated rings. The number of rotatable bonds is 1. The largest absolute Gasteiger partial charge is 0.301 e. The number of H-pyrrole nitrogens is 1. The Labute approximate surface area is 75.6 Å². The van der Waals surface area contributed by atoms with Gasteiger partial charge in [-0.15, -0.1) is 0 Å². The van der Waals surface area contributed by atoms with E-state index in [9.17, 15) is 4.79 Å². The minimum absolute atomic E-state index is 0.0806. The minimum Gasteiger partial charge on any atom is -0.301 e. The molecule has 0 aliphatic carbocycles. The third kappa shape index (κ3) is 3.09. The number of hydrogen-bond donors (Lipinski definition) is 1. The van der Waals surface area contributed by atoms with E-state index in [1.165, 1.54) is 12.3 Å². The van der Waals surface area contributed by atoms with Crippen LogP contribution in [-0.4, -0.2) is 14.7 Å². The maximum Gasteiger partial charge on any atom is 0.251 e. The van der Waals surface area contributed by atoms with Crippen molar-refractivity contribution in [3.8, 4) is 0 Å². The predicted molar refractivity (Wildman–Crippen MR) is 50.5 cm³/mol. The number of nitrogens with one attached hydrogen (secondary N) is 1. The highest BCUT2D eigenvalue weighted by Gasteiger charge is 2.12. The predicted octanol–water partition coefficient (Wildman–Crippen LogP) is 1.66. The second-order valence-electron chi connectivity index (χ2n) is 3.45. The van der Waals surface area contributed by atoms with E-state index in [4.69, 9.17) is 0 Å². The molecule has 0 bridgehead atoms. The number of thioether (sulfide) groups is 1. The number of aromatic amines is 1. The summed E-state index contributed by atoms with van der Waals surface area (Å²) >= 11 is 1.55. The fraction of sp³-hybridized carbons (Fsp3) is 0.500. The van der Waals surface area contributed by atoms with E-state index in [-0.39, 0.29) is 10.3 Å². The highest BCUT2D eigenvalue weighted by atomic mass is 32.2. The SMILES string of the molecule is CC(C)(C)Sc1nccc(=O)[nH]1. The van der Waals surface area contributed by atoms with Crippen molar-refractivity contribution in [3.63, 3.8) is 0 Å². The van der Waals surface area contributed by atoms with Crippen LogP contribution in [0.25, 0.3) is 0 Å². The Morgan fingerprint density at radius 1 is 1.50 bits per heavy atom. The molecule has 0 aromatic carbocycles. The molecule has 0 spiro atoms. The van der Waals surface area contributed by atoms with E-state index in [0.29, 0.717) is 5.16 Å². The zero-order chi connectivity index (χ0) is 9.19. The Morgan fingerprint density at radius 3 is 2.67 bits per heavy atom. The van der Waals surface area contributed by atoms with Crippen LogP contribution in [0.5, 0.6) is 0 Å². The standard InChI is InChI=1S/C8H12N2OS/c1-8(2,3)12-7-9-5-4-6(11)10-7/h4-5H,1-3H3,(H,9,10,11). The number of hydrogen-bond acceptors (Lipinski definition) is 3. The van der Waals surface area contributed by atoms with Crippen LogP contribution in [0.2, 0.25) is 0 Å². The molecular formula is C8H12N2OS. The van der Waals surface area contributed by atoms with Crippen molar-refractivity contribution in [2.45, 2.75) is 30.7 Å². The van der Waals surface area contributed by atoms with Gasteiger partial charge in [0.15, 0.2) is 5.16 Å². The van der Waals surface area contributed by atoms with Gasteiger partial charge in [0.05, 0.1) is 0 Å². The van der Waals surface area contributed by atoms with Crippen molar-refractivity contribution in [1.29, 1.82) is 0 Å². The molecule has 0 aliphatic heterocycles. The molecule has 0 amide bonds. The van der Waals surface area contributed by atoms with E-state index in [2.05, 4.69) is 30.7 Å². The smallest absolute Gasteiger partial charge is 0.251 e. The zero-order valence-electron chi connectivity index (χ0n) is 7.42. The molecular weight excluding hydrogens is 172 g/mol. The summed E-state index contributed by atoms with van der Waals surface area (Å²) in [6.07, 6.45) is 1.52. The maximum absolute atomic E-state index is 10.9. The van der Waals surface area contributed by atoms with Gasteiger partial charge in [-0.1, -0.05) is 32.5 Å². The van der Waals surface area contributed by atoms with Crippen LogP contribution in [0.4, 0.5) is 0 Å². The first-order valence-electron chi connectivity index (χ1n) is 3.72. The van der Waals surface area contributed by atoms with Crippen molar-refractivity contribution in [2.24, 2.45) is 0 Å². The van der Waals surface area contributed by atoms with Gasteiger partial charge in [-0.2, -0.15) is 0 Å². The molecule has 66 valence electrons. The average Bonchev–Trinajstić information content (AvgIpc) is 1.82. The van der Waals surface area contributed by atoms with Crippen molar-refractivity contribution < 1.29 is 0 Å². The van der Waals surface area contributed by atoms with Gasteiger partial charge < -0.3 is 4.98 Å². The molecule has 1 aromatic heterocycles. The summed E-state index contributed by atoms with van der Waals surface area (Å²) in [6.45, 7) is 6.22. The molecule has 1 heterocycles. The van der Waals surface area contributed by atoms with Gasteiger partial charge in [-0.05, 0) is 0 Å². The number of nitrogens with zero attached hydrogens (tertiary/aromatic N) is 1. The van der Waals surface area contributed by atoms with Crippen molar-refractivity contribution in [3.05, 3.63) is 22.6 Å². The van der Waals surface area contributed by atoms with E-state index < -0.39 is 0 Å². The third-order valence-corrected chi connectivity index (χ3v) is 2.06. The topological polar surface area (TPSA) is 45.8 Å². The molecule has 0 unspecified atom stereocenters. The lowest BCUT2D eigenvalue weighted by Gasteiger charge is -2.15. The normalized spacial score (nSPS) is 11.6. The van der Waals surface area contributed by atoms with Crippen molar-refractivity contribution in [2.75, 3.05) is 0 Å². The van der Waals surface area contributed by atoms with Gasteiger partial charge in [-0.25, -0.2) is 4.98 Å². The van der Waals surface area contributed by atoms with E-state index in [0.717, 1.165) is 0 Å². The van der Waals surface area contributed by atoms with Crippen molar-refractivity contribution in [1.82, 2.24) is 9.97 Å². The van der Waals surface area contributed by atoms with Crippen molar-refractivity contribution >= 4 is 11.8 Å². The summed E-state index contributed by atoms with van der Waals surface area (Å²) in [5.74, 6) is 0. The second-order valence-corrected chi connectivity index (χ2v) is 5.27. The van der Waals surface area contributed by atoms with Crippen LogP contribution in [0.1, 0.15) is 20.8 Å². The van der Waals surface area contributed by atoms with Crippen LogP contribution in [0.3, 0.4) is 0 Å². The molecule has 4 heteroatoms. The lowest BCUT2D eigenvalue weighted by molar-refractivity contribution is 0.789. The van der Waals surface area contributed by atoms with Gasteiger partial charge in [0.25, 0.3) is 5.56 Å². The molecule has 12 heavy (non-hydrogen) atoms. The zero-order valence-corrected chi connectivity index (χ0v) is 8.23. The summed E-state index contributed by atoms with van der Waals surface area (Å²) in [4.78, 5) is 17.6. The maximum atomic E-state index is 10.9. The summed E-state index contributed by atoms with van der Waals surface area (Å²) in [6, 6.07) is 1.41. The third-order valence-electron chi connectivity index (χ3n) is 1.05. The van der Waals surface area contributed by atoms with Crippen LogP contribution < -0.4 is 5.56 Å². The molecule has 3 nitrogen and oxygen atoms in total. The van der Waals surface area contributed by atoms with Gasteiger partial charge >= 0.3 is 0 Å². The molecule has 0 saturated carbocycles. The summed E-state index contributed by atoms with van der Waals surface area (Å²) in [5, 5.41) is 0.676. The Kier molecular flexibility index (Phi) is 2.57. The van der Waals surface area contributed by atoms with Gasteiger partial charge in [0.1, 0.15) is 0 Å². The molecule has 0 aliphatic rings. The van der Waals surface area contributed by atoms with Crippen LogP contribution in [0.15, 0.2) is 22.2 Å². The van der Waals surface area contributed by atoms with Crippen LogP contribution in [-0.2, 0) is 0 Å². The van der Waals surface area contributed by atoms with E-state index in [1.54, 1.807) is 11.8 Å². The monoisotopic (exact) mass is 184 g/mol. The molecule has 1 rings (SSSR count). The lowest BCUT2D eigenvalue weighted by atomic mass is 10.3. The Morgan fingerprint density at radius 2 is 2.17 bits per heavy atom. The molecule has 0 radical (unpaired) electrons. The Bertz CT molecular complexity index is 313. The second kappa shape index (κ2) is 3.31. The Hall–Kier alpha value is -0.770. The average molecular weight is 184 g/mol. The molecule has 0 saturated heterocycles. The van der Waals surface area contributed by atoms with E-state index >= 15 is 0 Å². The van der Waals surface area contributed by atoms with Gasteiger partial charge in [0.2, 0.25) is 0 Å². The first kappa shape index (κ1) is 9.32. The summed E-state index contributed by atoms with van der Waals surface area (Å²) < 4.78 is 0.0806. The van der Waals surface area contributed by atoms with Gasteiger partial charge in [0, 0.05) is 17.0 Å². The van der Waals surface area contributed by atoms with Gasteiger partial charge in [-0.3, -0.25) is 4.79 Å². The molecule has 1 N–H and O–H groups in total. The molecule has 1 aromatic rings. The minimum atomic E-state index is -0.100. The fourth-order valence-corrected chi connectivity index (χ4v) is 1.54. The first-order chi connectivity index (χ1) is 5.47. The first-order valence-corrected chi connectivity index (χ1v) is 4.53. The van der Waals surface area contributed by atoms with Crippen LogP contribution in [0, 0.1) is 0 Å². The summed E-state index contributed by atoms with van der Waals surface area (Å²) in [7, 11) is 0. The van der Waals surface area contributed by atoms with Crippen LogP contribution >= 0.6 is 11.8 Å². The Balaban J connectivity index is 2.84. The van der Waals surface area contributed by atoms with E-state index in [1.807, 2.05) is 0 Å².